The first kappa shape index (κ1) is 21.8. The molecule has 28 heavy (non-hydrogen) atoms. The summed E-state index contributed by atoms with van der Waals surface area (Å²) in [7, 11) is 0. The zero-order valence-electron chi connectivity index (χ0n) is 16.4. The summed E-state index contributed by atoms with van der Waals surface area (Å²) in [6.45, 7) is 6.76. The van der Waals surface area contributed by atoms with Gasteiger partial charge >= 0.3 is 11.9 Å². The van der Waals surface area contributed by atoms with Crippen LogP contribution in [-0.4, -0.2) is 35.2 Å². The number of aliphatic carboxylic acids is 2. The number of hydrogen-bond donors (Lipinski definition) is 2. The van der Waals surface area contributed by atoms with E-state index in [-0.39, 0.29) is 0 Å². The van der Waals surface area contributed by atoms with E-state index in [4.69, 9.17) is 10.2 Å². The van der Waals surface area contributed by atoms with E-state index in [1.165, 1.54) is 59.0 Å². The number of carboxylic acid groups (broad SMARTS) is 2. The molecule has 150 valence electrons. The fraction of sp³-hybridized carbons (Fsp3) is 0.364. The number of aryl methyl sites for hydroxylation is 2. The van der Waals surface area contributed by atoms with Crippen LogP contribution in [0.15, 0.2) is 52.3 Å². The molecule has 0 amide bonds. The van der Waals surface area contributed by atoms with Gasteiger partial charge in [-0.3, -0.25) is 9.59 Å². The van der Waals surface area contributed by atoms with E-state index in [1.807, 2.05) is 11.8 Å². The van der Waals surface area contributed by atoms with E-state index >= 15 is 0 Å². The van der Waals surface area contributed by atoms with E-state index in [0.29, 0.717) is 0 Å². The average Bonchev–Trinajstić information content (AvgIpc) is 2.64. The van der Waals surface area contributed by atoms with Crippen molar-refractivity contribution < 1.29 is 19.8 Å². The van der Waals surface area contributed by atoms with Crippen LogP contribution in [0.25, 0.3) is 0 Å². The molecule has 0 aliphatic carbocycles. The van der Waals surface area contributed by atoms with Gasteiger partial charge in [-0.05, 0) is 56.9 Å². The van der Waals surface area contributed by atoms with Crippen molar-refractivity contribution in [1.29, 1.82) is 0 Å². The largest absolute Gasteiger partial charge is 0.481 e. The van der Waals surface area contributed by atoms with Crippen molar-refractivity contribution in [3.63, 3.8) is 0 Å². The first-order chi connectivity index (χ1) is 13.4. The molecule has 6 heteroatoms. The predicted octanol–water partition coefficient (Wildman–Crippen LogP) is 4.99. The Bertz CT molecular complexity index is 804. The van der Waals surface area contributed by atoms with Crippen molar-refractivity contribution in [2.24, 2.45) is 0 Å². The predicted molar refractivity (Wildman–Crippen MR) is 112 cm³/mol. The van der Waals surface area contributed by atoms with Crippen LogP contribution in [0.2, 0.25) is 0 Å². The lowest BCUT2D eigenvalue weighted by molar-refractivity contribution is -0.147. The van der Waals surface area contributed by atoms with Gasteiger partial charge in [-0.15, -0.1) is 0 Å². The SMILES string of the molecule is Cc1ccc(Sc2ccccc2N2CCCCC2)c(C)c1.O=C(O)CC(=O)O. The summed E-state index contributed by atoms with van der Waals surface area (Å²) >= 11 is 1.90. The summed E-state index contributed by atoms with van der Waals surface area (Å²) in [5, 5.41) is 15.4. The molecule has 0 unspecified atom stereocenters. The van der Waals surface area contributed by atoms with Gasteiger partial charge in [0.2, 0.25) is 0 Å². The van der Waals surface area contributed by atoms with Crippen LogP contribution in [0, 0.1) is 13.8 Å². The summed E-state index contributed by atoms with van der Waals surface area (Å²) in [6.07, 6.45) is 3.22. The summed E-state index contributed by atoms with van der Waals surface area (Å²) in [5.74, 6) is -2.62. The minimum absolute atomic E-state index is 0.806. The highest BCUT2D eigenvalue weighted by molar-refractivity contribution is 7.99. The summed E-state index contributed by atoms with van der Waals surface area (Å²) in [6, 6.07) is 15.6. The lowest BCUT2D eigenvalue weighted by Crippen LogP contribution is -2.29. The number of piperidine rings is 1. The first-order valence-corrected chi connectivity index (χ1v) is 10.2. The molecule has 2 N–H and O–H groups in total. The Morgan fingerprint density at radius 3 is 2.14 bits per heavy atom. The lowest BCUT2D eigenvalue weighted by Gasteiger charge is -2.30. The second-order valence-electron chi connectivity index (χ2n) is 6.85. The highest BCUT2D eigenvalue weighted by Gasteiger charge is 2.15. The van der Waals surface area contributed by atoms with Gasteiger partial charge in [0, 0.05) is 22.9 Å². The van der Waals surface area contributed by atoms with Crippen LogP contribution >= 0.6 is 11.8 Å². The zero-order valence-corrected chi connectivity index (χ0v) is 17.2. The molecule has 0 bridgehead atoms. The summed E-state index contributed by atoms with van der Waals surface area (Å²) < 4.78 is 0. The molecule has 0 radical (unpaired) electrons. The number of benzene rings is 2. The van der Waals surface area contributed by atoms with Crippen LogP contribution in [0.3, 0.4) is 0 Å². The van der Waals surface area contributed by atoms with Crippen LogP contribution in [-0.2, 0) is 9.59 Å². The Hall–Kier alpha value is -2.47. The summed E-state index contributed by atoms with van der Waals surface area (Å²) in [4.78, 5) is 24.2. The number of rotatable bonds is 5. The zero-order chi connectivity index (χ0) is 20.5. The Labute approximate surface area is 170 Å². The van der Waals surface area contributed by atoms with Gasteiger partial charge in [-0.25, -0.2) is 0 Å². The monoisotopic (exact) mass is 401 g/mol. The highest BCUT2D eigenvalue weighted by Crippen LogP contribution is 2.37. The molecule has 5 nitrogen and oxygen atoms in total. The molecule has 2 aromatic carbocycles. The lowest BCUT2D eigenvalue weighted by atomic mass is 10.1. The average molecular weight is 402 g/mol. The third-order valence-electron chi connectivity index (χ3n) is 4.41. The molecular weight excluding hydrogens is 374 g/mol. The molecule has 3 rings (SSSR count). The van der Waals surface area contributed by atoms with Crippen molar-refractivity contribution in [3.05, 3.63) is 53.6 Å². The van der Waals surface area contributed by atoms with E-state index in [2.05, 4.69) is 61.2 Å². The standard InChI is InChI=1S/C19H23NS.C3H4O4/c1-15-10-11-18(16(2)14-15)21-19-9-5-4-8-17(19)20-12-6-3-7-13-20;4-2(5)1-3(6)7/h4-5,8-11,14H,3,6-7,12-13H2,1-2H3;1H2,(H,4,5)(H,6,7). The maximum atomic E-state index is 9.43. The van der Waals surface area contributed by atoms with Gasteiger partial charge in [0.25, 0.3) is 0 Å². The third kappa shape index (κ3) is 6.93. The number of anilines is 1. The Morgan fingerprint density at radius 1 is 0.929 bits per heavy atom. The van der Waals surface area contributed by atoms with Crippen LogP contribution in [0.5, 0.6) is 0 Å². The molecule has 1 fully saturated rings. The van der Waals surface area contributed by atoms with E-state index in [1.54, 1.807) is 0 Å². The van der Waals surface area contributed by atoms with Crippen molar-refractivity contribution >= 4 is 29.4 Å². The van der Waals surface area contributed by atoms with Crippen LogP contribution < -0.4 is 4.90 Å². The molecule has 2 aromatic rings. The molecule has 0 spiro atoms. The maximum absolute atomic E-state index is 9.43. The van der Waals surface area contributed by atoms with Gasteiger partial charge in [0.05, 0.1) is 5.69 Å². The van der Waals surface area contributed by atoms with E-state index in [0.717, 1.165) is 0 Å². The number of hydrogen-bond acceptors (Lipinski definition) is 4. The summed E-state index contributed by atoms with van der Waals surface area (Å²) in [5.41, 5.74) is 4.11. The van der Waals surface area contributed by atoms with E-state index < -0.39 is 18.4 Å². The quantitative estimate of drug-likeness (QED) is 0.687. The number of carbonyl (C=O) groups is 2. The van der Waals surface area contributed by atoms with Crippen LogP contribution in [0.4, 0.5) is 5.69 Å². The smallest absolute Gasteiger partial charge is 0.314 e. The normalized spacial score (nSPS) is 13.4. The number of para-hydroxylation sites is 1. The number of carboxylic acids is 2. The minimum atomic E-state index is -1.31. The van der Waals surface area contributed by atoms with Crippen molar-refractivity contribution in [1.82, 2.24) is 0 Å². The molecule has 0 atom stereocenters. The Balaban J connectivity index is 0.000000345. The molecule has 1 heterocycles. The fourth-order valence-corrected chi connectivity index (χ4v) is 4.14. The number of nitrogens with zero attached hydrogens (tertiary/aromatic N) is 1. The van der Waals surface area contributed by atoms with Gasteiger partial charge < -0.3 is 15.1 Å². The topological polar surface area (TPSA) is 77.8 Å². The van der Waals surface area contributed by atoms with Gasteiger partial charge in [0.15, 0.2) is 0 Å². The third-order valence-corrected chi connectivity index (χ3v) is 5.66. The molecule has 1 aliphatic heterocycles. The van der Waals surface area contributed by atoms with E-state index in [9.17, 15) is 9.59 Å². The molecule has 1 aliphatic rings. The first-order valence-electron chi connectivity index (χ1n) is 9.39. The second-order valence-corrected chi connectivity index (χ2v) is 7.93. The second kappa shape index (κ2) is 10.8. The Kier molecular flexibility index (Phi) is 8.39. The van der Waals surface area contributed by atoms with Crippen LogP contribution in [0.1, 0.15) is 36.8 Å². The van der Waals surface area contributed by atoms with Gasteiger partial charge in [-0.2, -0.15) is 0 Å². The van der Waals surface area contributed by atoms with Crippen molar-refractivity contribution in [2.75, 3.05) is 18.0 Å². The Morgan fingerprint density at radius 2 is 1.57 bits per heavy atom. The highest BCUT2D eigenvalue weighted by atomic mass is 32.2. The minimum Gasteiger partial charge on any atom is -0.481 e. The molecule has 0 saturated carbocycles. The molecule has 0 aromatic heterocycles. The molecular formula is C22H27NO4S. The maximum Gasteiger partial charge on any atom is 0.314 e. The van der Waals surface area contributed by atoms with Crippen molar-refractivity contribution in [2.45, 2.75) is 49.3 Å². The van der Waals surface area contributed by atoms with Gasteiger partial charge in [0.1, 0.15) is 6.42 Å². The van der Waals surface area contributed by atoms with Crippen molar-refractivity contribution in [3.8, 4) is 0 Å². The fourth-order valence-electron chi connectivity index (χ4n) is 3.10. The molecule has 1 saturated heterocycles. The van der Waals surface area contributed by atoms with Gasteiger partial charge in [-0.1, -0.05) is 41.6 Å².